The first-order valence-electron chi connectivity index (χ1n) is 5.70. The second-order valence-corrected chi connectivity index (χ2v) is 3.92. The molecular formula is C14H17O3. The molecule has 2 rings (SSSR count). The lowest BCUT2D eigenvalue weighted by Crippen LogP contribution is -2.00. The Balaban J connectivity index is 2.65. The van der Waals surface area contributed by atoms with Crippen molar-refractivity contribution in [3.8, 4) is 17.2 Å². The largest absolute Gasteiger partial charge is 0.493 e. The molecule has 0 saturated carbocycles. The summed E-state index contributed by atoms with van der Waals surface area (Å²) in [5.41, 5.74) is 2.28. The first-order valence-corrected chi connectivity index (χ1v) is 5.70. The topological polar surface area (TPSA) is 27.7 Å². The van der Waals surface area contributed by atoms with Gasteiger partial charge in [-0.05, 0) is 43.0 Å². The summed E-state index contributed by atoms with van der Waals surface area (Å²) in [6.07, 6.45) is 8.34. The Morgan fingerprint density at radius 1 is 1.06 bits per heavy atom. The Kier molecular flexibility index (Phi) is 3.57. The van der Waals surface area contributed by atoms with Gasteiger partial charge in [0, 0.05) is 5.56 Å². The van der Waals surface area contributed by atoms with Crippen LogP contribution in [0.5, 0.6) is 17.2 Å². The second kappa shape index (κ2) is 5.13. The molecule has 1 aromatic carbocycles. The number of rotatable bonds is 3. The van der Waals surface area contributed by atoms with Crippen molar-refractivity contribution >= 4 is 6.08 Å². The van der Waals surface area contributed by atoms with E-state index in [0.29, 0.717) is 5.75 Å². The molecule has 0 saturated heterocycles. The van der Waals surface area contributed by atoms with E-state index >= 15 is 0 Å². The molecule has 1 aromatic rings. The highest BCUT2D eigenvalue weighted by atomic mass is 16.5. The normalized spacial score (nSPS) is 13.8. The first kappa shape index (κ1) is 11.8. The maximum atomic E-state index is 5.46. The van der Waals surface area contributed by atoms with Crippen LogP contribution < -0.4 is 14.2 Å². The summed E-state index contributed by atoms with van der Waals surface area (Å²) >= 11 is 0. The van der Waals surface area contributed by atoms with Gasteiger partial charge in [0.1, 0.15) is 0 Å². The maximum Gasteiger partial charge on any atom is 0.203 e. The Morgan fingerprint density at radius 3 is 2.47 bits per heavy atom. The van der Waals surface area contributed by atoms with E-state index in [-0.39, 0.29) is 0 Å². The van der Waals surface area contributed by atoms with E-state index in [1.165, 1.54) is 5.56 Å². The van der Waals surface area contributed by atoms with Crippen molar-refractivity contribution in [1.29, 1.82) is 0 Å². The minimum absolute atomic E-state index is 0.647. The average Bonchev–Trinajstić information content (AvgIpc) is 2.60. The fraction of sp³-hybridized carbons (Fsp3) is 0.429. The summed E-state index contributed by atoms with van der Waals surface area (Å²) in [6.45, 7) is 0. The highest BCUT2D eigenvalue weighted by molar-refractivity contribution is 5.69. The smallest absolute Gasteiger partial charge is 0.203 e. The number of fused-ring (bicyclic) bond motifs is 1. The van der Waals surface area contributed by atoms with Crippen molar-refractivity contribution in [2.45, 2.75) is 19.3 Å². The Hall–Kier alpha value is -1.64. The number of allylic oxidation sites excluding steroid dienone is 1. The molecular weight excluding hydrogens is 216 g/mol. The molecule has 3 nitrogen and oxygen atoms in total. The van der Waals surface area contributed by atoms with Crippen LogP contribution in [0.2, 0.25) is 0 Å². The van der Waals surface area contributed by atoms with E-state index in [0.717, 1.165) is 36.3 Å². The van der Waals surface area contributed by atoms with Crippen LogP contribution in [0, 0.1) is 6.08 Å². The molecule has 0 atom stereocenters. The number of ether oxygens (including phenoxy) is 3. The van der Waals surface area contributed by atoms with Crippen LogP contribution in [0.15, 0.2) is 6.07 Å². The predicted molar refractivity (Wildman–Crippen MR) is 66.7 cm³/mol. The van der Waals surface area contributed by atoms with Crippen molar-refractivity contribution in [1.82, 2.24) is 0 Å². The second-order valence-electron chi connectivity index (χ2n) is 3.92. The lowest BCUT2D eigenvalue weighted by atomic mass is 10.0. The molecule has 3 heteroatoms. The van der Waals surface area contributed by atoms with Crippen LogP contribution in [0.3, 0.4) is 0 Å². The third-order valence-corrected chi connectivity index (χ3v) is 2.97. The molecule has 0 spiro atoms. The molecule has 1 radical (unpaired) electrons. The lowest BCUT2D eigenvalue weighted by molar-refractivity contribution is 0.323. The van der Waals surface area contributed by atoms with Gasteiger partial charge in [0.25, 0.3) is 0 Å². The maximum absolute atomic E-state index is 5.46. The molecule has 91 valence electrons. The van der Waals surface area contributed by atoms with E-state index in [9.17, 15) is 0 Å². The van der Waals surface area contributed by atoms with Crippen LogP contribution in [0.25, 0.3) is 6.08 Å². The molecule has 17 heavy (non-hydrogen) atoms. The van der Waals surface area contributed by atoms with Crippen LogP contribution in [0.1, 0.15) is 24.0 Å². The third kappa shape index (κ3) is 2.09. The highest BCUT2D eigenvalue weighted by Gasteiger charge is 2.19. The molecule has 1 aliphatic carbocycles. The Bertz CT molecular complexity index is 436. The molecule has 0 fully saturated rings. The summed E-state index contributed by atoms with van der Waals surface area (Å²) in [5, 5.41) is 0. The number of benzene rings is 1. The minimum atomic E-state index is 0.647. The highest BCUT2D eigenvalue weighted by Crippen LogP contribution is 2.43. The fourth-order valence-corrected chi connectivity index (χ4v) is 2.15. The number of hydrogen-bond donors (Lipinski definition) is 0. The third-order valence-electron chi connectivity index (χ3n) is 2.97. The molecule has 1 aliphatic rings. The summed E-state index contributed by atoms with van der Waals surface area (Å²) in [5.74, 6) is 2.10. The van der Waals surface area contributed by atoms with Crippen molar-refractivity contribution in [2.75, 3.05) is 21.3 Å². The zero-order valence-electron chi connectivity index (χ0n) is 10.5. The zero-order valence-corrected chi connectivity index (χ0v) is 10.5. The van der Waals surface area contributed by atoms with Gasteiger partial charge < -0.3 is 14.2 Å². The van der Waals surface area contributed by atoms with E-state index in [1.54, 1.807) is 21.3 Å². The minimum Gasteiger partial charge on any atom is -0.493 e. The molecule has 0 amide bonds. The van der Waals surface area contributed by atoms with Crippen LogP contribution in [-0.2, 0) is 6.42 Å². The van der Waals surface area contributed by atoms with Crippen LogP contribution in [0.4, 0.5) is 0 Å². The zero-order chi connectivity index (χ0) is 12.3. The summed E-state index contributed by atoms with van der Waals surface area (Å²) in [7, 11) is 4.91. The van der Waals surface area contributed by atoms with Gasteiger partial charge in [0.2, 0.25) is 5.75 Å². The van der Waals surface area contributed by atoms with Gasteiger partial charge in [-0.2, -0.15) is 0 Å². The van der Waals surface area contributed by atoms with Gasteiger partial charge in [-0.3, -0.25) is 0 Å². The van der Waals surface area contributed by atoms with E-state index in [4.69, 9.17) is 14.2 Å². The van der Waals surface area contributed by atoms with Crippen molar-refractivity contribution in [2.24, 2.45) is 0 Å². The fourth-order valence-electron chi connectivity index (χ4n) is 2.15. The first-order chi connectivity index (χ1) is 8.31. The van der Waals surface area contributed by atoms with Crippen molar-refractivity contribution in [3.05, 3.63) is 23.3 Å². The average molecular weight is 233 g/mol. The van der Waals surface area contributed by atoms with Crippen LogP contribution in [-0.4, -0.2) is 21.3 Å². The van der Waals surface area contributed by atoms with Gasteiger partial charge in [0.05, 0.1) is 21.3 Å². The number of hydrogen-bond acceptors (Lipinski definition) is 3. The van der Waals surface area contributed by atoms with Gasteiger partial charge >= 0.3 is 0 Å². The number of methoxy groups -OCH3 is 3. The summed E-state index contributed by atoms with van der Waals surface area (Å²) in [4.78, 5) is 0. The summed E-state index contributed by atoms with van der Waals surface area (Å²) in [6, 6.07) is 2.03. The summed E-state index contributed by atoms with van der Waals surface area (Å²) < 4.78 is 16.2. The Labute approximate surface area is 102 Å². The van der Waals surface area contributed by atoms with Crippen molar-refractivity contribution < 1.29 is 14.2 Å². The molecule has 0 N–H and O–H groups in total. The Morgan fingerprint density at radius 2 is 1.82 bits per heavy atom. The number of aryl methyl sites for hydroxylation is 1. The monoisotopic (exact) mass is 233 g/mol. The van der Waals surface area contributed by atoms with Crippen molar-refractivity contribution in [3.63, 3.8) is 0 Å². The SMILES string of the molecule is COc1cc2c(c(OC)c1OC)C=[C]CCC2. The van der Waals surface area contributed by atoms with Gasteiger partial charge in [-0.25, -0.2) is 0 Å². The van der Waals surface area contributed by atoms with E-state index in [2.05, 4.69) is 6.08 Å². The van der Waals surface area contributed by atoms with E-state index < -0.39 is 0 Å². The molecule has 0 heterocycles. The van der Waals surface area contributed by atoms with E-state index in [1.807, 2.05) is 12.1 Å². The quantitative estimate of drug-likeness (QED) is 0.803. The standard InChI is InChI=1S/C14H17O3/c1-15-12-9-10-7-5-4-6-8-11(10)13(16-2)14(12)17-3/h8-9H,4-5,7H2,1-3H3. The molecule has 0 bridgehead atoms. The predicted octanol–water partition coefficient (Wildman–Crippen LogP) is 2.87. The van der Waals surface area contributed by atoms with Gasteiger partial charge in [-0.15, -0.1) is 0 Å². The van der Waals surface area contributed by atoms with Crippen LogP contribution >= 0.6 is 0 Å². The molecule has 0 aliphatic heterocycles. The lowest BCUT2D eigenvalue weighted by Gasteiger charge is -2.17. The van der Waals surface area contributed by atoms with Gasteiger partial charge in [-0.1, -0.05) is 0 Å². The molecule has 0 aromatic heterocycles. The molecule has 0 unspecified atom stereocenters. The van der Waals surface area contributed by atoms with Gasteiger partial charge in [0.15, 0.2) is 11.5 Å².